The summed E-state index contributed by atoms with van der Waals surface area (Å²) in [6, 6.07) is 6.95. The zero-order chi connectivity index (χ0) is 11.7. The molecule has 1 fully saturated rings. The van der Waals surface area contributed by atoms with Gasteiger partial charge >= 0.3 is 0 Å². The molecule has 0 saturated carbocycles. The Hall–Kier alpha value is -1.81. The minimum atomic E-state index is 0.258. The predicted octanol–water partition coefficient (Wildman–Crippen LogP) is 2.12. The van der Waals surface area contributed by atoms with Crippen molar-refractivity contribution >= 4 is 0 Å². The van der Waals surface area contributed by atoms with E-state index in [9.17, 15) is 5.11 Å². The molecule has 4 nitrogen and oxygen atoms in total. The molecular formula is C13H14N2O2. The van der Waals surface area contributed by atoms with Gasteiger partial charge in [0.2, 0.25) is 0 Å². The van der Waals surface area contributed by atoms with Crippen LogP contribution in [-0.4, -0.2) is 23.2 Å². The van der Waals surface area contributed by atoms with Crippen molar-refractivity contribution in [1.29, 1.82) is 0 Å². The van der Waals surface area contributed by atoms with Crippen LogP contribution in [0.4, 0.5) is 0 Å². The van der Waals surface area contributed by atoms with E-state index in [0.717, 1.165) is 36.7 Å². The first kappa shape index (κ1) is 10.4. The molecule has 88 valence electrons. The smallest absolute Gasteiger partial charge is 0.199 e. The third kappa shape index (κ3) is 2.03. The zero-order valence-electron chi connectivity index (χ0n) is 9.39. The third-order valence-electron chi connectivity index (χ3n) is 3.08. The topological polar surface area (TPSA) is 58.3 Å². The van der Waals surface area contributed by atoms with Crippen molar-refractivity contribution in [3.8, 4) is 17.1 Å². The standard InChI is InChI=1S/C13H14N2O2/c16-11-3-1-9(2-4-11)12-8-15-13(17-12)10-5-6-14-7-10/h1-4,8,10,14,16H,5-7H2. The second kappa shape index (κ2) is 4.22. The molecule has 0 aliphatic carbocycles. The summed E-state index contributed by atoms with van der Waals surface area (Å²) in [5.74, 6) is 2.21. The summed E-state index contributed by atoms with van der Waals surface area (Å²) in [5, 5.41) is 12.5. The summed E-state index contributed by atoms with van der Waals surface area (Å²) in [6.45, 7) is 1.97. The average molecular weight is 230 g/mol. The SMILES string of the molecule is Oc1ccc(-c2cnc(C3CCNC3)o2)cc1. The van der Waals surface area contributed by atoms with Gasteiger partial charge in [0.25, 0.3) is 0 Å². The van der Waals surface area contributed by atoms with E-state index in [-0.39, 0.29) is 5.75 Å². The van der Waals surface area contributed by atoms with E-state index in [1.54, 1.807) is 18.3 Å². The zero-order valence-corrected chi connectivity index (χ0v) is 9.39. The van der Waals surface area contributed by atoms with Crippen LogP contribution in [0.3, 0.4) is 0 Å². The van der Waals surface area contributed by atoms with Crippen molar-refractivity contribution in [2.45, 2.75) is 12.3 Å². The van der Waals surface area contributed by atoms with Gasteiger partial charge in [-0.3, -0.25) is 0 Å². The first-order valence-corrected chi connectivity index (χ1v) is 5.79. The Morgan fingerprint density at radius 3 is 2.82 bits per heavy atom. The molecule has 1 unspecified atom stereocenters. The Balaban J connectivity index is 1.86. The molecule has 1 aliphatic rings. The Morgan fingerprint density at radius 2 is 2.12 bits per heavy atom. The number of hydrogen-bond donors (Lipinski definition) is 2. The van der Waals surface area contributed by atoms with Gasteiger partial charge in [-0.2, -0.15) is 0 Å². The van der Waals surface area contributed by atoms with E-state index in [0.29, 0.717) is 5.92 Å². The molecule has 0 bridgehead atoms. The van der Waals surface area contributed by atoms with Crippen LogP contribution in [0.25, 0.3) is 11.3 Å². The summed E-state index contributed by atoms with van der Waals surface area (Å²) >= 11 is 0. The van der Waals surface area contributed by atoms with E-state index in [4.69, 9.17) is 4.42 Å². The molecule has 1 aromatic carbocycles. The lowest BCUT2D eigenvalue weighted by Gasteiger charge is -2.01. The molecule has 1 atom stereocenters. The van der Waals surface area contributed by atoms with E-state index in [2.05, 4.69) is 10.3 Å². The van der Waals surface area contributed by atoms with Gasteiger partial charge in [0.1, 0.15) is 5.75 Å². The lowest BCUT2D eigenvalue weighted by atomic mass is 10.1. The Kier molecular flexibility index (Phi) is 2.57. The van der Waals surface area contributed by atoms with Crippen molar-refractivity contribution in [1.82, 2.24) is 10.3 Å². The van der Waals surface area contributed by atoms with Crippen molar-refractivity contribution in [2.75, 3.05) is 13.1 Å². The van der Waals surface area contributed by atoms with Gasteiger partial charge in [0.05, 0.1) is 6.20 Å². The minimum Gasteiger partial charge on any atom is -0.508 e. The highest BCUT2D eigenvalue weighted by molar-refractivity contribution is 5.57. The van der Waals surface area contributed by atoms with Crippen LogP contribution in [0.5, 0.6) is 5.75 Å². The highest BCUT2D eigenvalue weighted by Gasteiger charge is 2.21. The number of nitrogens with one attached hydrogen (secondary N) is 1. The number of oxazole rings is 1. The fraction of sp³-hybridized carbons (Fsp3) is 0.308. The lowest BCUT2D eigenvalue weighted by Crippen LogP contribution is -2.07. The summed E-state index contributed by atoms with van der Waals surface area (Å²) in [7, 11) is 0. The predicted molar refractivity (Wildman–Crippen MR) is 63.8 cm³/mol. The first-order chi connectivity index (χ1) is 8.33. The molecule has 17 heavy (non-hydrogen) atoms. The number of aromatic nitrogens is 1. The molecule has 1 saturated heterocycles. The minimum absolute atomic E-state index is 0.258. The summed E-state index contributed by atoms with van der Waals surface area (Å²) in [4.78, 5) is 4.33. The summed E-state index contributed by atoms with van der Waals surface area (Å²) < 4.78 is 5.76. The molecule has 1 aromatic heterocycles. The maximum Gasteiger partial charge on any atom is 0.199 e. The van der Waals surface area contributed by atoms with Crippen molar-refractivity contribution in [3.05, 3.63) is 36.4 Å². The average Bonchev–Trinajstić information content (AvgIpc) is 3.00. The monoisotopic (exact) mass is 230 g/mol. The van der Waals surface area contributed by atoms with Crippen LogP contribution in [-0.2, 0) is 0 Å². The second-order valence-corrected chi connectivity index (χ2v) is 4.30. The van der Waals surface area contributed by atoms with Gasteiger partial charge in [-0.25, -0.2) is 4.98 Å². The molecule has 0 spiro atoms. The lowest BCUT2D eigenvalue weighted by molar-refractivity contribution is 0.466. The number of benzene rings is 1. The fourth-order valence-corrected chi connectivity index (χ4v) is 2.10. The molecule has 2 aromatic rings. The molecular weight excluding hydrogens is 216 g/mol. The molecule has 0 radical (unpaired) electrons. The van der Waals surface area contributed by atoms with Gasteiger partial charge in [-0.1, -0.05) is 0 Å². The molecule has 2 heterocycles. The van der Waals surface area contributed by atoms with Gasteiger partial charge in [-0.05, 0) is 37.2 Å². The van der Waals surface area contributed by atoms with Crippen LogP contribution in [0.1, 0.15) is 18.2 Å². The summed E-state index contributed by atoms with van der Waals surface area (Å²) in [5.41, 5.74) is 0.938. The van der Waals surface area contributed by atoms with Crippen LogP contribution in [0, 0.1) is 0 Å². The van der Waals surface area contributed by atoms with Gasteiger partial charge in [0, 0.05) is 18.0 Å². The van der Waals surface area contributed by atoms with Crippen LogP contribution >= 0.6 is 0 Å². The largest absolute Gasteiger partial charge is 0.508 e. The number of phenolic OH excluding ortho intramolecular Hbond substituents is 1. The van der Waals surface area contributed by atoms with Crippen molar-refractivity contribution < 1.29 is 9.52 Å². The van der Waals surface area contributed by atoms with Crippen LogP contribution < -0.4 is 5.32 Å². The van der Waals surface area contributed by atoms with Gasteiger partial charge in [-0.15, -0.1) is 0 Å². The second-order valence-electron chi connectivity index (χ2n) is 4.30. The Morgan fingerprint density at radius 1 is 1.29 bits per heavy atom. The Labute approximate surface area is 99.3 Å². The highest BCUT2D eigenvalue weighted by Crippen LogP contribution is 2.27. The number of hydrogen-bond acceptors (Lipinski definition) is 4. The van der Waals surface area contributed by atoms with E-state index in [1.165, 1.54) is 0 Å². The Bertz CT molecular complexity index is 498. The number of phenols is 1. The number of nitrogens with zero attached hydrogens (tertiary/aromatic N) is 1. The van der Waals surface area contributed by atoms with E-state index >= 15 is 0 Å². The number of aromatic hydroxyl groups is 1. The summed E-state index contributed by atoms with van der Waals surface area (Å²) in [6.07, 6.45) is 2.83. The molecule has 2 N–H and O–H groups in total. The first-order valence-electron chi connectivity index (χ1n) is 5.79. The molecule has 4 heteroatoms. The molecule has 1 aliphatic heterocycles. The fourth-order valence-electron chi connectivity index (χ4n) is 2.10. The maximum atomic E-state index is 9.23. The van der Waals surface area contributed by atoms with Crippen molar-refractivity contribution in [2.24, 2.45) is 0 Å². The molecule has 0 amide bonds. The molecule has 3 rings (SSSR count). The number of rotatable bonds is 2. The maximum absolute atomic E-state index is 9.23. The highest BCUT2D eigenvalue weighted by atomic mass is 16.4. The van der Waals surface area contributed by atoms with Crippen LogP contribution in [0.2, 0.25) is 0 Å². The van der Waals surface area contributed by atoms with E-state index < -0.39 is 0 Å². The van der Waals surface area contributed by atoms with Crippen LogP contribution in [0.15, 0.2) is 34.9 Å². The van der Waals surface area contributed by atoms with Crippen molar-refractivity contribution in [3.63, 3.8) is 0 Å². The quantitative estimate of drug-likeness (QED) is 0.829. The van der Waals surface area contributed by atoms with Gasteiger partial charge < -0.3 is 14.8 Å². The van der Waals surface area contributed by atoms with Gasteiger partial charge in [0.15, 0.2) is 11.7 Å². The third-order valence-corrected chi connectivity index (χ3v) is 3.08. The normalized spacial score (nSPS) is 19.6. The van der Waals surface area contributed by atoms with E-state index in [1.807, 2.05) is 12.1 Å².